The van der Waals surface area contributed by atoms with E-state index < -0.39 is 18.0 Å². The highest BCUT2D eigenvalue weighted by atomic mass is 32.1. The van der Waals surface area contributed by atoms with Gasteiger partial charge in [0.05, 0.1) is 18.4 Å². The molecule has 0 saturated carbocycles. The van der Waals surface area contributed by atoms with Gasteiger partial charge in [-0.15, -0.1) is 11.3 Å². The van der Waals surface area contributed by atoms with Crippen molar-refractivity contribution in [3.8, 4) is 0 Å². The second kappa shape index (κ2) is 8.07. The first-order valence-electron chi connectivity index (χ1n) is 9.29. The van der Waals surface area contributed by atoms with Gasteiger partial charge < -0.3 is 19.6 Å². The quantitative estimate of drug-likeness (QED) is 0.460. The molecule has 30 heavy (non-hydrogen) atoms. The summed E-state index contributed by atoms with van der Waals surface area (Å²) in [7, 11) is 0. The number of nitrogens with zero attached hydrogens (tertiary/aromatic N) is 4. The molecule has 0 spiro atoms. The molecule has 2 N–H and O–H groups in total. The molecule has 4 aromatic rings. The summed E-state index contributed by atoms with van der Waals surface area (Å²) in [6, 6.07) is 5.84. The van der Waals surface area contributed by atoms with E-state index in [9.17, 15) is 9.59 Å². The number of aryl methyl sites for hydroxylation is 1. The molecule has 10 heteroatoms. The third-order valence-corrected chi connectivity index (χ3v) is 5.67. The first-order chi connectivity index (χ1) is 14.4. The van der Waals surface area contributed by atoms with E-state index in [0.717, 1.165) is 11.4 Å². The molecule has 1 atom stereocenters. The number of esters is 1. The molecular formula is C20H20N6O3S. The smallest absolute Gasteiger partial charge is 0.340 e. The SMILES string of the molecule is Cc1cc(C(=O)O[C@H](C)C(=O)Nc2ncnc3nc[nH]c23)c(C)n1Cc1cccs1. The number of imidazole rings is 1. The summed E-state index contributed by atoms with van der Waals surface area (Å²) < 4.78 is 7.48. The fraction of sp³-hybridized carbons (Fsp3) is 0.250. The van der Waals surface area contributed by atoms with Crippen molar-refractivity contribution >= 4 is 40.2 Å². The minimum absolute atomic E-state index is 0.277. The van der Waals surface area contributed by atoms with Crippen molar-refractivity contribution in [2.45, 2.75) is 33.4 Å². The number of carbonyl (C=O) groups is 2. The Hall–Kier alpha value is -3.53. The summed E-state index contributed by atoms with van der Waals surface area (Å²) in [5, 5.41) is 4.67. The Morgan fingerprint density at radius 1 is 1.30 bits per heavy atom. The number of carbonyl (C=O) groups excluding carboxylic acids is 2. The van der Waals surface area contributed by atoms with E-state index in [-0.39, 0.29) is 5.82 Å². The van der Waals surface area contributed by atoms with E-state index in [4.69, 9.17) is 4.74 Å². The number of hydrogen-bond acceptors (Lipinski definition) is 7. The second-order valence-electron chi connectivity index (χ2n) is 6.81. The lowest BCUT2D eigenvalue weighted by atomic mass is 10.2. The number of rotatable bonds is 6. The van der Waals surface area contributed by atoms with E-state index in [2.05, 4.69) is 35.9 Å². The van der Waals surface area contributed by atoms with Crippen LogP contribution in [-0.4, -0.2) is 42.5 Å². The number of anilines is 1. The Morgan fingerprint density at radius 2 is 2.13 bits per heavy atom. The molecule has 0 aliphatic heterocycles. The Kier molecular flexibility index (Phi) is 5.32. The van der Waals surface area contributed by atoms with Crippen molar-refractivity contribution in [2.24, 2.45) is 0 Å². The van der Waals surface area contributed by atoms with E-state index in [1.807, 2.05) is 25.3 Å². The summed E-state index contributed by atoms with van der Waals surface area (Å²) in [6.07, 6.45) is 1.76. The van der Waals surface area contributed by atoms with Crippen LogP contribution >= 0.6 is 11.3 Å². The molecule has 0 aromatic carbocycles. The Bertz CT molecular complexity index is 1210. The number of amides is 1. The van der Waals surface area contributed by atoms with Crippen molar-refractivity contribution in [1.29, 1.82) is 0 Å². The van der Waals surface area contributed by atoms with Crippen LogP contribution in [0.25, 0.3) is 11.2 Å². The van der Waals surface area contributed by atoms with Gasteiger partial charge in [-0.3, -0.25) is 4.79 Å². The molecule has 0 radical (unpaired) electrons. The third kappa shape index (κ3) is 3.81. The third-order valence-electron chi connectivity index (χ3n) is 4.81. The molecule has 0 aliphatic rings. The number of aromatic amines is 1. The number of ether oxygens (including phenoxy) is 1. The summed E-state index contributed by atoms with van der Waals surface area (Å²) in [5.41, 5.74) is 3.13. The number of H-pyrrole nitrogens is 1. The van der Waals surface area contributed by atoms with Crippen LogP contribution in [0.3, 0.4) is 0 Å². The molecule has 4 aromatic heterocycles. The van der Waals surface area contributed by atoms with Gasteiger partial charge in [0.1, 0.15) is 11.8 Å². The van der Waals surface area contributed by atoms with Crippen LogP contribution in [0.2, 0.25) is 0 Å². The van der Waals surface area contributed by atoms with Crippen LogP contribution in [-0.2, 0) is 16.1 Å². The lowest BCUT2D eigenvalue weighted by molar-refractivity contribution is -0.123. The van der Waals surface area contributed by atoms with Crippen molar-refractivity contribution < 1.29 is 14.3 Å². The highest BCUT2D eigenvalue weighted by molar-refractivity contribution is 7.09. The van der Waals surface area contributed by atoms with E-state index in [0.29, 0.717) is 23.3 Å². The molecule has 0 fully saturated rings. The van der Waals surface area contributed by atoms with Crippen LogP contribution in [0.1, 0.15) is 33.5 Å². The zero-order chi connectivity index (χ0) is 21.3. The monoisotopic (exact) mass is 424 g/mol. The fourth-order valence-electron chi connectivity index (χ4n) is 3.17. The van der Waals surface area contributed by atoms with Crippen LogP contribution in [0.15, 0.2) is 36.2 Å². The minimum atomic E-state index is -1.01. The van der Waals surface area contributed by atoms with Gasteiger partial charge in [0.15, 0.2) is 17.6 Å². The van der Waals surface area contributed by atoms with Gasteiger partial charge in [-0.1, -0.05) is 6.07 Å². The van der Waals surface area contributed by atoms with Crippen molar-refractivity contribution in [2.75, 3.05) is 5.32 Å². The van der Waals surface area contributed by atoms with Crippen molar-refractivity contribution in [3.63, 3.8) is 0 Å². The predicted molar refractivity (Wildman–Crippen MR) is 113 cm³/mol. The molecule has 1 amide bonds. The lowest BCUT2D eigenvalue weighted by Gasteiger charge is -2.13. The number of thiophene rings is 1. The molecule has 4 rings (SSSR count). The van der Waals surface area contributed by atoms with Crippen LogP contribution < -0.4 is 5.32 Å². The van der Waals surface area contributed by atoms with Crippen molar-refractivity contribution in [3.05, 3.63) is 58.1 Å². The first kappa shape index (κ1) is 19.8. The van der Waals surface area contributed by atoms with Gasteiger partial charge in [-0.2, -0.15) is 0 Å². The molecule has 0 unspecified atom stereocenters. The Labute approximate surface area is 176 Å². The molecule has 9 nitrogen and oxygen atoms in total. The van der Waals surface area contributed by atoms with E-state index >= 15 is 0 Å². The highest BCUT2D eigenvalue weighted by Gasteiger charge is 2.23. The van der Waals surface area contributed by atoms with Crippen LogP contribution in [0.4, 0.5) is 5.82 Å². The molecule has 0 bridgehead atoms. The van der Waals surface area contributed by atoms with Crippen LogP contribution in [0, 0.1) is 13.8 Å². The van der Waals surface area contributed by atoms with E-state index in [1.165, 1.54) is 24.5 Å². The molecule has 0 aliphatic carbocycles. The summed E-state index contributed by atoms with van der Waals surface area (Å²) >= 11 is 1.66. The Balaban J connectivity index is 1.45. The zero-order valence-electron chi connectivity index (χ0n) is 16.7. The Morgan fingerprint density at radius 3 is 2.90 bits per heavy atom. The standard InChI is InChI=1S/C20H20N6O3S/c1-11-7-15(12(2)26(11)8-14-5-4-6-30-14)20(28)29-13(3)19(27)25-18-16-17(22-9-21-16)23-10-24-18/h4-7,9-10,13H,8H2,1-3H3,(H2,21,22,23,24,25,27)/t13-/m1/s1. The fourth-order valence-corrected chi connectivity index (χ4v) is 3.86. The highest BCUT2D eigenvalue weighted by Crippen LogP contribution is 2.21. The van der Waals surface area contributed by atoms with Gasteiger partial charge >= 0.3 is 5.97 Å². The molecule has 4 heterocycles. The number of hydrogen-bond donors (Lipinski definition) is 2. The summed E-state index contributed by atoms with van der Waals surface area (Å²) in [4.78, 5) is 41.4. The first-order valence-corrected chi connectivity index (χ1v) is 10.2. The minimum Gasteiger partial charge on any atom is -0.449 e. The van der Waals surface area contributed by atoms with Crippen molar-refractivity contribution in [1.82, 2.24) is 24.5 Å². The topological polar surface area (TPSA) is 115 Å². The predicted octanol–water partition coefficient (Wildman–Crippen LogP) is 3.07. The normalized spacial score (nSPS) is 12.1. The molecular weight excluding hydrogens is 404 g/mol. The number of fused-ring (bicyclic) bond motifs is 1. The maximum Gasteiger partial charge on any atom is 0.340 e. The largest absolute Gasteiger partial charge is 0.449 e. The van der Waals surface area contributed by atoms with Gasteiger partial charge in [-0.25, -0.2) is 19.7 Å². The number of aromatic nitrogens is 5. The summed E-state index contributed by atoms with van der Waals surface area (Å²) in [5.74, 6) is -0.762. The van der Waals surface area contributed by atoms with Crippen LogP contribution in [0.5, 0.6) is 0 Å². The molecule has 0 saturated heterocycles. The molecule has 154 valence electrons. The lowest BCUT2D eigenvalue weighted by Crippen LogP contribution is -2.30. The van der Waals surface area contributed by atoms with Gasteiger partial charge in [0.2, 0.25) is 0 Å². The number of nitrogens with one attached hydrogen (secondary N) is 2. The average molecular weight is 424 g/mol. The summed E-state index contributed by atoms with van der Waals surface area (Å²) in [6.45, 7) is 6.02. The maximum atomic E-state index is 12.7. The average Bonchev–Trinajstić information content (AvgIpc) is 3.45. The van der Waals surface area contributed by atoms with Gasteiger partial charge in [0.25, 0.3) is 5.91 Å². The maximum absolute atomic E-state index is 12.7. The van der Waals surface area contributed by atoms with Gasteiger partial charge in [0, 0.05) is 16.3 Å². The van der Waals surface area contributed by atoms with E-state index in [1.54, 1.807) is 17.4 Å². The zero-order valence-corrected chi connectivity index (χ0v) is 17.5. The van der Waals surface area contributed by atoms with Gasteiger partial charge in [-0.05, 0) is 38.3 Å². The second-order valence-corrected chi connectivity index (χ2v) is 7.84.